The molecule has 0 N–H and O–H groups in total. The Kier molecular flexibility index (Phi) is 9.56. The first-order valence-electron chi connectivity index (χ1n) is 11.1. The van der Waals surface area contributed by atoms with Gasteiger partial charge in [0.05, 0.1) is 17.0 Å². The standard InChI is InChI=1S/C24H34N2O5/c1-5-7-9-10-15-30-23-22(31-16-13-18(3)4)20-12-11-19(26(28)29)17-21(20)25(24(23)27)14-8-6-2/h11-13,17H,5-10,14-16H2,1-4H3. The number of nitrogens with zero attached hydrogens (tertiary/aromatic N) is 2. The molecule has 1 heterocycles. The summed E-state index contributed by atoms with van der Waals surface area (Å²) in [6.45, 7) is 9.31. The van der Waals surface area contributed by atoms with Gasteiger partial charge in [-0.2, -0.15) is 0 Å². The van der Waals surface area contributed by atoms with E-state index >= 15 is 0 Å². The van der Waals surface area contributed by atoms with E-state index in [9.17, 15) is 14.9 Å². The molecular formula is C24H34N2O5. The highest BCUT2D eigenvalue weighted by molar-refractivity contribution is 5.89. The molecule has 0 fully saturated rings. The lowest BCUT2D eigenvalue weighted by Crippen LogP contribution is -2.24. The van der Waals surface area contributed by atoms with Gasteiger partial charge in [0.25, 0.3) is 11.2 Å². The second kappa shape index (κ2) is 12.1. The number of nitro groups is 1. The first-order chi connectivity index (χ1) is 14.9. The normalized spacial score (nSPS) is 10.8. The number of aryl methyl sites for hydroxylation is 1. The molecule has 7 nitrogen and oxygen atoms in total. The minimum atomic E-state index is -0.448. The topological polar surface area (TPSA) is 83.6 Å². The maximum atomic E-state index is 13.4. The number of hydrogen-bond acceptors (Lipinski definition) is 5. The van der Waals surface area contributed by atoms with Crippen molar-refractivity contribution < 1.29 is 14.4 Å². The van der Waals surface area contributed by atoms with Crippen LogP contribution >= 0.6 is 0 Å². The van der Waals surface area contributed by atoms with Crippen LogP contribution in [0.2, 0.25) is 0 Å². The number of aromatic nitrogens is 1. The van der Waals surface area contributed by atoms with E-state index in [2.05, 4.69) is 6.92 Å². The molecular weight excluding hydrogens is 396 g/mol. The number of nitro benzene ring substituents is 1. The maximum Gasteiger partial charge on any atom is 0.297 e. The molecule has 170 valence electrons. The van der Waals surface area contributed by atoms with Gasteiger partial charge in [-0.1, -0.05) is 45.1 Å². The van der Waals surface area contributed by atoms with Gasteiger partial charge in [-0.15, -0.1) is 0 Å². The van der Waals surface area contributed by atoms with Crippen LogP contribution < -0.4 is 15.0 Å². The van der Waals surface area contributed by atoms with Crippen LogP contribution in [-0.4, -0.2) is 22.7 Å². The average molecular weight is 431 g/mol. The Morgan fingerprint density at radius 3 is 2.45 bits per heavy atom. The van der Waals surface area contributed by atoms with E-state index in [4.69, 9.17) is 9.47 Å². The summed E-state index contributed by atoms with van der Waals surface area (Å²) in [6.07, 6.45) is 7.73. The summed E-state index contributed by atoms with van der Waals surface area (Å²) in [5, 5.41) is 12.0. The Morgan fingerprint density at radius 2 is 1.81 bits per heavy atom. The molecule has 0 bridgehead atoms. The van der Waals surface area contributed by atoms with E-state index in [1.54, 1.807) is 10.6 Å². The van der Waals surface area contributed by atoms with Gasteiger partial charge in [0.2, 0.25) is 5.75 Å². The third-order valence-electron chi connectivity index (χ3n) is 5.07. The van der Waals surface area contributed by atoms with Crippen LogP contribution in [0.4, 0.5) is 5.69 Å². The van der Waals surface area contributed by atoms with Gasteiger partial charge >= 0.3 is 0 Å². The minimum absolute atomic E-state index is 0.0550. The number of unbranched alkanes of at least 4 members (excludes halogenated alkanes) is 4. The quantitative estimate of drug-likeness (QED) is 0.168. The minimum Gasteiger partial charge on any atom is -0.485 e. The molecule has 0 saturated heterocycles. The highest BCUT2D eigenvalue weighted by atomic mass is 16.6. The zero-order valence-electron chi connectivity index (χ0n) is 19.1. The number of fused-ring (bicyclic) bond motifs is 1. The first-order valence-corrected chi connectivity index (χ1v) is 11.1. The lowest BCUT2D eigenvalue weighted by molar-refractivity contribution is -0.384. The van der Waals surface area contributed by atoms with Crippen LogP contribution in [0, 0.1) is 10.1 Å². The highest BCUT2D eigenvalue weighted by Crippen LogP contribution is 2.35. The number of ether oxygens (including phenoxy) is 2. The summed E-state index contributed by atoms with van der Waals surface area (Å²) in [5.41, 5.74) is 1.24. The Bertz CT molecular complexity index is 974. The molecule has 0 atom stereocenters. The first kappa shape index (κ1) is 24.4. The fourth-order valence-corrected chi connectivity index (χ4v) is 3.30. The van der Waals surface area contributed by atoms with E-state index in [0.717, 1.165) is 44.1 Å². The fraction of sp³-hybridized carbons (Fsp3) is 0.542. The summed E-state index contributed by atoms with van der Waals surface area (Å²) < 4.78 is 13.5. The van der Waals surface area contributed by atoms with Crippen molar-refractivity contribution in [1.29, 1.82) is 0 Å². The fourth-order valence-electron chi connectivity index (χ4n) is 3.30. The SMILES string of the molecule is CCCCCCOc1c(OCC=C(C)C)c2ccc([N+](=O)[O-])cc2n(CCCC)c1=O. The van der Waals surface area contributed by atoms with Gasteiger partial charge in [-0.3, -0.25) is 14.9 Å². The molecule has 0 aliphatic rings. The molecule has 0 aliphatic carbocycles. The number of hydrogen-bond donors (Lipinski definition) is 0. The van der Waals surface area contributed by atoms with Crippen LogP contribution in [-0.2, 0) is 6.54 Å². The van der Waals surface area contributed by atoms with Crippen LogP contribution in [0.25, 0.3) is 10.9 Å². The molecule has 0 spiro atoms. The molecule has 7 heteroatoms. The third kappa shape index (κ3) is 6.57. The van der Waals surface area contributed by atoms with Crippen LogP contribution in [0.1, 0.15) is 66.2 Å². The largest absolute Gasteiger partial charge is 0.485 e. The van der Waals surface area contributed by atoms with E-state index in [1.807, 2.05) is 26.8 Å². The van der Waals surface area contributed by atoms with Gasteiger partial charge in [0.15, 0.2) is 5.75 Å². The van der Waals surface area contributed by atoms with Crippen LogP contribution in [0.15, 0.2) is 34.6 Å². The Labute approximate surface area is 183 Å². The van der Waals surface area contributed by atoms with Crippen molar-refractivity contribution in [2.75, 3.05) is 13.2 Å². The van der Waals surface area contributed by atoms with Crippen LogP contribution in [0.3, 0.4) is 0 Å². The summed E-state index contributed by atoms with van der Waals surface area (Å²) in [7, 11) is 0. The highest BCUT2D eigenvalue weighted by Gasteiger charge is 2.21. The number of pyridine rings is 1. The molecule has 2 aromatic rings. The molecule has 1 aromatic heterocycles. The predicted molar refractivity (Wildman–Crippen MR) is 124 cm³/mol. The molecule has 31 heavy (non-hydrogen) atoms. The van der Waals surface area contributed by atoms with Crippen LogP contribution in [0.5, 0.6) is 11.5 Å². The van der Waals surface area contributed by atoms with Gasteiger partial charge < -0.3 is 14.0 Å². The smallest absolute Gasteiger partial charge is 0.297 e. The van der Waals surface area contributed by atoms with Crippen molar-refractivity contribution in [1.82, 2.24) is 4.57 Å². The maximum absolute atomic E-state index is 13.4. The van der Waals surface area contributed by atoms with Crippen molar-refractivity contribution in [3.8, 4) is 11.5 Å². The van der Waals surface area contributed by atoms with E-state index < -0.39 is 4.92 Å². The number of rotatable bonds is 13. The summed E-state index contributed by atoms with van der Waals surface area (Å²) in [4.78, 5) is 24.3. The zero-order chi connectivity index (χ0) is 22.8. The Balaban J connectivity index is 2.60. The predicted octanol–water partition coefficient (Wildman–Crippen LogP) is 6.01. The van der Waals surface area contributed by atoms with Gasteiger partial charge in [0, 0.05) is 24.1 Å². The second-order valence-corrected chi connectivity index (χ2v) is 7.93. The van der Waals surface area contributed by atoms with Gasteiger partial charge in [-0.05, 0) is 38.8 Å². The molecule has 1 aromatic carbocycles. The number of benzene rings is 1. The molecule has 0 amide bonds. The lowest BCUT2D eigenvalue weighted by atomic mass is 10.1. The van der Waals surface area contributed by atoms with Crippen molar-refractivity contribution in [3.63, 3.8) is 0 Å². The average Bonchev–Trinajstić information content (AvgIpc) is 2.74. The van der Waals surface area contributed by atoms with Crippen molar-refractivity contribution >= 4 is 16.6 Å². The third-order valence-corrected chi connectivity index (χ3v) is 5.07. The second-order valence-electron chi connectivity index (χ2n) is 7.93. The molecule has 0 radical (unpaired) electrons. The summed E-state index contributed by atoms with van der Waals surface area (Å²) in [5.74, 6) is 0.548. The number of non-ortho nitro benzene ring substituents is 1. The zero-order valence-corrected chi connectivity index (χ0v) is 19.1. The molecule has 0 saturated carbocycles. The summed E-state index contributed by atoms with van der Waals surface area (Å²) in [6, 6.07) is 4.54. The molecule has 0 aliphatic heterocycles. The number of allylic oxidation sites excluding steroid dienone is 1. The van der Waals surface area contributed by atoms with E-state index in [-0.39, 0.29) is 17.0 Å². The van der Waals surface area contributed by atoms with Crippen molar-refractivity contribution in [2.24, 2.45) is 0 Å². The monoisotopic (exact) mass is 430 g/mol. The molecule has 2 rings (SSSR count). The lowest BCUT2D eigenvalue weighted by Gasteiger charge is -2.18. The van der Waals surface area contributed by atoms with Crippen molar-refractivity contribution in [2.45, 2.75) is 72.8 Å². The summed E-state index contributed by atoms with van der Waals surface area (Å²) >= 11 is 0. The van der Waals surface area contributed by atoms with Crippen molar-refractivity contribution in [3.05, 3.63) is 50.3 Å². The van der Waals surface area contributed by atoms with E-state index in [1.165, 1.54) is 12.1 Å². The van der Waals surface area contributed by atoms with Gasteiger partial charge in [0.1, 0.15) is 6.61 Å². The Morgan fingerprint density at radius 1 is 1.06 bits per heavy atom. The Hall–Kier alpha value is -2.83. The van der Waals surface area contributed by atoms with Gasteiger partial charge in [-0.25, -0.2) is 0 Å². The molecule has 0 unspecified atom stereocenters. The van der Waals surface area contributed by atoms with E-state index in [0.29, 0.717) is 36.4 Å².